The number of hydrogen-bond donors (Lipinski definition) is 1. The van der Waals surface area contributed by atoms with Gasteiger partial charge in [-0.15, -0.1) is 0 Å². The Bertz CT molecular complexity index is 1500. The molecule has 37 heavy (non-hydrogen) atoms. The molecule has 1 aliphatic carbocycles. The van der Waals surface area contributed by atoms with E-state index in [1.807, 2.05) is 4.90 Å². The molecule has 6 aliphatic rings. The van der Waals surface area contributed by atoms with Crippen LogP contribution in [-0.4, -0.2) is 24.7 Å². The number of carbonyl (C=O) groups excluding carboxylic acids is 1. The van der Waals surface area contributed by atoms with Crippen molar-refractivity contribution in [1.82, 2.24) is 0 Å². The molecule has 1 aromatic heterocycles. The zero-order chi connectivity index (χ0) is 25.6. The second-order valence-corrected chi connectivity index (χ2v) is 11.1. The summed E-state index contributed by atoms with van der Waals surface area (Å²) in [4.78, 5) is 22.5. The van der Waals surface area contributed by atoms with Crippen LogP contribution in [0.2, 0.25) is 0 Å². The summed E-state index contributed by atoms with van der Waals surface area (Å²) >= 11 is 1.64. The molecule has 2 N–H and O–H groups in total. The molecule has 10 heteroatoms. The maximum atomic E-state index is 13.4. The fourth-order valence-electron chi connectivity index (χ4n) is 6.55. The summed E-state index contributed by atoms with van der Waals surface area (Å²) in [6.45, 7) is 2.01. The number of allylic oxidation sites excluding steroid dienone is 3. The third kappa shape index (κ3) is 3.10. The molecule has 1 fully saturated rings. The topological polar surface area (TPSA) is 85.7 Å². The number of piperidine rings is 1. The van der Waals surface area contributed by atoms with Crippen LogP contribution in [0.1, 0.15) is 66.2 Å². The highest BCUT2D eigenvalue weighted by Gasteiger charge is 2.47. The van der Waals surface area contributed by atoms with Crippen LogP contribution < -0.4 is 15.5 Å². The van der Waals surface area contributed by atoms with E-state index in [1.165, 1.54) is 22.7 Å². The van der Waals surface area contributed by atoms with Crippen molar-refractivity contribution in [3.8, 4) is 6.07 Å². The number of halogens is 3. The summed E-state index contributed by atoms with van der Waals surface area (Å²) in [7, 11) is 0. The first-order chi connectivity index (χ1) is 17.8. The second-order valence-electron chi connectivity index (χ2n) is 10.1. The molecule has 1 atom stereocenters. The number of carbonyl (C=O) groups is 1. The number of thiophene rings is 1. The molecule has 188 valence electrons. The number of nitrogens with zero attached hydrogens (tertiary/aromatic N) is 4. The molecule has 0 unspecified atom stereocenters. The molecule has 6 heterocycles. The molecule has 1 saturated heterocycles. The Balaban J connectivity index is 1.46. The highest BCUT2D eigenvalue weighted by molar-refractivity contribution is 7.21. The van der Waals surface area contributed by atoms with Crippen molar-refractivity contribution in [1.29, 1.82) is 5.26 Å². The van der Waals surface area contributed by atoms with Gasteiger partial charge in [0, 0.05) is 36.3 Å². The number of benzene rings is 1. The van der Waals surface area contributed by atoms with Crippen molar-refractivity contribution in [2.24, 2.45) is 10.7 Å². The molecule has 8 rings (SSSR count). The van der Waals surface area contributed by atoms with Crippen LogP contribution in [0.25, 0.3) is 0 Å². The fourth-order valence-corrected chi connectivity index (χ4v) is 8.03. The zero-order valence-electron chi connectivity index (χ0n) is 19.7. The summed E-state index contributed by atoms with van der Waals surface area (Å²) in [6.07, 6.45) is -0.721. The summed E-state index contributed by atoms with van der Waals surface area (Å²) < 4.78 is 39.7. The van der Waals surface area contributed by atoms with Crippen molar-refractivity contribution in [3.05, 3.63) is 69.2 Å². The minimum atomic E-state index is -4.48. The van der Waals surface area contributed by atoms with E-state index in [0.717, 1.165) is 54.3 Å². The van der Waals surface area contributed by atoms with Crippen LogP contribution in [0.3, 0.4) is 0 Å². The number of alkyl halides is 3. The Morgan fingerprint density at radius 1 is 1.11 bits per heavy atom. The first kappa shape index (κ1) is 22.6. The lowest BCUT2D eigenvalue weighted by atomic mass is 9.75. The maximum Gasteiger partial charge on any atom is 0.416 e. The van der Waals surface area contributed by atoms with Gasteiger partial charge in [0.2, 0.25) is 0 Å². The molecule has 2 bridgehead atoms. The van der Waals surface area contributed by atoms with E-state index >= 15 is 0 Å². The summed E-state index contributed by atoms with van der Waals surface area (Å²) in [5, 5.41) is 12.4. The van der Waals surface area contributed by atoms with Crippen molar-refractivity contribution in [3.63, 3.8) is 0 Å². The summed E-state index contributed by atoms with van der Waals surface area (Å²) in [5.41, 5.74) is 9.91. The summed E-state index contributed by atoms with van der Waals surface area (Å²) in [5.74, 6) is 0.298. The van der Waals surface area contributed by atoms with Crippen molar-refractivity contribution in [2.75, 3.05) is 22.9 Å². The molecular weight excluding hydrogens is 499 g/mol. The van der Waals surface area contributed by atoms with Gasteiger partial charge in [0.15, 0.2) is 11.6 Å². The smallest absolute Gasteiger partial charge is 0.383 e. The maximum absolute atomic E-state index is 13.4. The number of ketones is 1. The van der Waals surface area contributed by atoms with Gasteiger partial charge in [-0.25, -0.2) is 4.99 Å². The minimum Gasteiger partial charge on any atom is -0.383 e. The molecule has 2 aromatic rings. The fraction of sp³-hybridized carbons (Fsp3) is 0.370. The Labute approximate surface area is 215 Å². The lowest BCUT2D eigenvalue weighted by molar-refractivity contribution is -0.137. The molecule has 0 amide bonds. The zero-order valence-corrected chi connectivity index (χ0v) is 20.5. The standard InChI is InChI=1S/C27H22F3N5OS/c28-27(29,30)15-6-4-13(5-7-15)19-16(12-31)24-33-23(32)22-20-14-8-10-34(11-9-14)25(20)37-26(22)35(24)17-2-1-3-18(36)21(17)19/h4-7,14,19H,1-3,8-11H2,(H2,32,33)/t19-/m1/s1. The second kappa shape index (κ2) is 7.71. The molecule has 1 aromatic carbocycles. The average Bonchev–Trinajstić information content (AvgIpc) is 3.32. The molecule has 0 radical (unpaired) electrons. The van der Waals surface area contributed by atoms with Crippen LogP contribution >= 0.6 is 11.3 Å². The van der Waals surface area contributed by atoms with Crippen LogP contribution in [0.4, 0.5) is 23.2 Å². The predicted octanol–water partition coefficient (Wildman–Crippen LogP) is 5.53. The van der Waals surface area contributed by atoms with Gasteiger partial charge in [-0.1, -0.05) is 23.5 Å². The van der Waals surface area contributed by atoms with Crippen LogP contribution in [0.5, 0.6) is 0 Å². The monoisotopic (exact) mass is 521 g/mol. The number of aliphatic imine (C=N–C) groups is 1. The predicted molar refractivity (Wildman–Crippen MR) is 134 cm³/mol. The van der Waals surface area contributed by atoms with E-state index in [-0.39, 0.29) is 11.4 Å². The Kier molecular flexibility index (Phi) is 4.71. The lowest BCUT2D eigenvalue weighted by Crippen LogP contribution is -2.40. The lowest BCUT2D eigenvalue weighted by Gasteiger charge is -2.41. The van der Waals surface area contributed by atoms with Crippen LogP contribution in [-0.2, 0) is 11.0 Å². The van der Waals surface area contributed by atoms with E-state index in [9.17, 15) is 23.2 Å². The van der Waals surface area contributed by atoms with Gasteiger partial charge in [-0.05, 0) is 49.3 Å². The van der Waals surface area contributed by atoms with Crippen molar-refractivity contribution in [2.45, 2.75) is 50.1 Å². The molecular formula is C27H22F3N5OS. The quantitative estimate of drug-likeness (QED) is 0.534. The van der Waals surface area contributed by atoms with E-state index < -0.39 is 17.7 Å². The largest absolute Gasteiger partial charge is 0.416 e. The van der Waals surface area contributed by atoms with Gasteiger partial charge in [0.05, 0.1) is 33.7 Å². The van der Waals surface area contributed by atoms with Crippen molar-refractivity contribution >= 4 is 33.0 Å². The number of Topliss-reactive ketones (excluding diaryl/α,β-unsaturated/α-hetero) is 1. The number of hydrogen-bond acceptors (Lipinski definition) is 7. The van der Waals surface area contributed by atoms with E-state index in [1.54, 1.807) is 11.3 Å². The van der Waals surface area contributed by atoms with Gasteiger partial charge >= 0.3 is 6.18 Å². The first-order valence-corrected chi connectivity index (χ1v) is 13.2. The number of rotatable bonds is 1. The number of fused-ring (bicyclic) bond motifs is 6. The normalized spacial score (nSPS) is 22.9. The third-order valence-corrected chi connectivity index (χ3v) is 9.45. The Morgan fingerprint density at radius 2 is 1.84 bits per heavy atom. The Hall–Kier alpha value is -3.58. The molecule has 0 saturated carbocycles. The van der Waals surface area contributed by atoms with E-state index in [2.05, 4.69) is 11.0 Å². The summed E-state index contributed by atoms with van der Waals surface area (Å²) in [6, 6.07) is 6.99. The number of amidine groups is 1. The van der Waals surface area contributed by atoms with E-state index in [4.69, 9.17) is 10.7 Å². The molecule has 6 nitrogen and oxygen atoms in total. The van der Waals surface area contributed by atoms with E-state index in [0.29, 0.717) is 48.0 Å². The number of anilines is 2. The number of nitrogens with two attached hydrogens (primary N) is 1. The molecule has 5 aliphatic heterocycles. The first-order valence-electron chi connectivity index (χ1n) is 12.4. The van der Waals surface area contributed by atoms with Crippen LogP contribution in [0.15, 0.2) is 51.9 Å². The Morgan fingerprint density at radius 3 is 2.51 bits per heavy atom. The van der Waals surface area contributed by atoms with Crippen LogP contribution in [0, 0.1) is 11.3 Å². The highest BCUT2D eigenvalue weighted by atomic mass is 32.1. The minimum absolute atomic E-state index is 0.0767. The number of nitriles is 1. The van der Waals surface area contributed by atoms with Gasteiger partial charge in [-0.2, -0.15) is 18.4 Å². The average molecular weight is 522 g/mol. The third-order valence-electron chi connectivity index (χ3n) is 8.20. The highest BCUT2D eigenvalue weighted by Crippen LogP contribution is 2.58. The molecule has 0 spiro atoms. The van der Waals surface area contributed by atoms with Gasteiger partial charge in [0.25, 0.3) is 0 Å². The van der Waals surface area contributed by atoms with Gasteiger partial charge in [0.1, 0.15) is 10.8 Å². The SMILES string of the molecule is N#CC1=C2N=C(N)c3c(sc4c3C3CCN4CC3)N2C2=C(C(=O)CCC2)[C@@H]1c1ccc(C(F)(F)F)cc1. The van der Waals surface area contributed by atoms with Gasteiger partial charge < -0.3 is 10.6 Å². The van der Waals surface area contributed by atoms with Gasteiger partial charge in [-0.3, -0.25) is 9.69 Å². The van der Waals surface area contributed by atoms with Crippen molar-refractivity contribution < 1.29 is 18.0 Å².